The van der Waals surface area contributed by atoms with Crippen molar-refractivity contribution < 1.29 is 9.84 Å². The largest absolute Gasteiger partial charge is 0.491 e. The number of hydrogen-bond donors (Lipinski definition) is 1. The van der Waals surface area contributed by atoms with Gasteiger partial charge in [-0.1, -0.05) is 30.7 Å². The summed E-state index contributed by atoms with van der Waals surface area (Å²) in [6, 6.07) is 12.1. The van der Waals surface area contributed by atoms with Crippen LogP contribution in [0.5, 0.6) is 5.75 Å². The van der Waals surface area contributed by atoms with E-state index >= 15 is 0 Å². The van der Waals surface area contributed by atoms with Gasteiger partial charge in [0.1, 0.15) is 18.5 Å². The van der Waals surface area contributed by atoms with Crippen molar-refractivity contribution in [2.45, 2.75) is 38.5 Å². The Morgan fingerprint density at radius 1 is 1.11 bits per heavy atom. The van der Waals surface area contributed by atoms with E-state index in [0.29, 0.717) is 13.2 Å². The van der Waals surface area contributed by atoms with Crippen molar-refractivity contribution in [2.24, 2.45) is 0 Å². The highest BCUT2D eigenvalue weighted by Crippen LogP contribution is 2.20. The van der Waals surface area contributed by atoms with Crippen LogP contribution in [-0.4, -0.2) is 59.3 Å². The van der Waals surface area contributed by atoms with Crippen LogP contribution >= 0.6 is 0 Å². The first kappa shape index (κ1) is 19.8. The van der Waals surface area contributed by atoms with Gasteiger partial charge in [-0.3, -0.25) is 9.88 Å². The molecular formula is C22H31N3O2. The number of pyridine rings is 1. The summed E-state index contributed by atoms with van der Waals surface area (Å²) in [5, 5.41) is 10.3. The number of hydrogen-bond acceptors (Lipinski definition) is 5. The number of benzene rings is 1. The second kappa shape index (κ2) is 10.4. The fraction of sp³-hybridized carbons (Fsp3) is 0.500. The van der Waals surface area contributed by atoms with Crippen LogP contribution in [0.15, 0.2) is 48.8 Å². The van der Waals surface area contributed by atoms with Crippen molar-refractivity contribution in [1.82, 2.24) is 14.8 Å². The van der Waals surface area contributed by atoms with Crippen LogP contribution in [0.25, 0.3) is 0 Å². The van der Waals surface area contributed by atoms with Crippen LogP contribution in [0.1, 0.15) is 30.4 Å². The summed E-state index contributed by atoms with van der Waals surface area (Å²) in [5.41, 5.74) is 2.32. The Kier molecular flexibility index (Phi) is 7.63. The molecule has 1 N–H and O–H groups in total. The predicted molar refractivity (Wildman–Crippen MR) is 108 cm³/mol. The maximum Gasteiger partial charge on any atom is 0.123 e. The van der Waals surface area contributed by atoms with E-state index in [1.54, 1.807) is 6.20 Å². The fourth-order valence-electron chi connectivity index (χ4n) is 3.60. The van der Waals surface area contributed by atoms with E-state index < -0.39 is 6.10 Å². The number of para-hydroxylation sites is 1. The Labute approximate surface area is 162 Å². The third kappa shape index (κ3) is 6.61. The van der Waals surface area contributed by atoms with E-state index in [-0.39, 0.29) is 0 Å². The molecule has 0 radical (unpaired) electrons. The maximum absolute atomic E-state index is 10.3. The van der Waals surface area contributed by atoms with Gasteiger partial charge in [-0.2, -0.15) is 0 Å². The van der Waals surface area contributed by atoms with Crippen molar-refractivity contribution in [3.63, 3.8) is 0 Å². The van der Waals surface area contributed by atoms with Crippen molar-refractivity contribution in [3.8, 4) is 5.75 Å². The van der Waals surface area contributed by atoms with Crippen LogP contribution in [0.2, 0.25) is 0 Å². The lowest BCUT2D eigenvalue weighted by Gasteiger charge is -2.28. The third-order valence-corrected chi connectivity index (χ3v) is 4.94. The molecule has 27 heavy (non-hydrogen) atoms. The third-order valence-electron chi connectivity index (χ3n) is 4.94. The molecule has 146 valence electrons. The van der Waals surface area contributed by atoms with E-state index in [1.807, 2.05) is 30.5 Å². The second-order valence-corrected chi connectivity index (χ2v) is 7.47. The molecule has 0 spiro atoms. The van der Waals surface area contributed by atoms with Gasteiger partial charge in [0, 0.05) is 37.6 Å². The quantitative estimate of drug-likeness (QED) is 0.736. The lowest BCUT2D eigenvalue weighted by atomic mass is 10.1. The summed E-state index contributed by atoms with van der Waals surface area (Å²) >= 11 is 0. The normalized spacial score (nSPS) is 16.4. The zero-order chi connectivity index (χ0) is 18.9. The summed E-state index contributed by atoms with van der Waals surface area (Å²) in [6.07, 6.45) is 7.02. The standard InChI is InChI=1S/C22H31N3O2/c1-24(15-19-8-7-11-23-14-19)16-20-9-3-4-10-22(20)27-18-21(26)17-25-12-5-2-6-13-25/h3-4,7-11,14,21,26H,2,5-6,12-13,15-18H2,1H3. The molecular weight excluding hydrogens is 338 g/mol. The van der Waals surface area contributed by atoms with Crippen LogP contribution in [0.4, 0.5) is 0 Å². The molecule has 1 aliphatic heterocycles. The molecule has 0 amide bonds. The zero-order valence-corrected chi connectivity index (χ0v) is 16.3. The van der Waals surface area contributed by atoms with Gasteiger partial charge in [-0.15, -0.1) is 0 Å². The summed E-state index contributed by atoms with van der Waals surface area (Å²) < 4.78 is 5.98. The highest BCUT2D eigenvalue weighted by atomic mass is 16.5. The first-order chi connectivity index (χ1) is 13.2. The first-order valence-electron chi connectivity index (χ1n) is 9.89. The highest BCUT2D eigenvalue weighted by molar-refractivity contribution is 5.33. The molecule has 0 aliphatic carbocycles. The number of aromatic nitrogens is 1. The predicted octanol–water partition coefficient (Wildman–Crippen LogP) is 2.94. The minimum absolute atomic E-state index is 0.333. The lowest BCUT2D eigenvalue weighted by Crippen LogP contribution is -2.38. The van der Waals surface area contributed by atoms with Gasteiger partial charge < -0.3 is 14.7 Å². The molecule has 0 saturated carbocycles. The zero-order valence-electron chi connectivity index (χ0n) is 16.3. The lowest BCUT2D eigenvalue weighted by molar-refractivity contribution is 0.0612. The summed E-state index contributed by atoms with van der Waals surface area (Å²) in [7, 11) is 2.09. The van der Waals surface area contributed by atoms with E-state index in [0.717, 1.165) is 37.5 Å². The number of piperidine rings is 1. The monoisotopic (exact) mass is 369 g/mol. The Balaban J connectivity index is 1.50. The van der Waals surface area contributed by atoms with Crippen molar-refractivity contribution in [1.29, 1.82) is 0 Å². The van der Waals surface area contributed by atoms with Crippen LogP contribution in [0.3, 0.4) is 0 Å². The van der Waals surface area contributed by atoms with Crippen molar-refractivity contribution in [2.75, 3.05) is 33.3 Å². The number of aliphatic hydroxyl groups excluding tert-OH is 1. The molecule has 5 nitrogen and oxygen atoms in total. The smallest absolute Gasteiger partial charge is 0.123 e. The topological polar surface area (TPSA) is 48.8 Å². The van der Waals surface area contributed by atoms with E-state index in [4.69, 9.17) is 4.74 Å². The Morgan fingerprint density at radius 3 is 2.70 bits per heavy atom. The summed E-state index contributed by atoms with van der Waals surface area (Å²) in [4.78, 5) is 8.75. The van der Waals surface area contributed by atoms with Gasteiger partial charge in [0.05, 0.1) is 0 Å². The van der Waals surface area contributed by atoms with Crippen molar-refractivity contribution in [3.05, 3.63) is 59.9 Å². The molecule has 2 aromatic rings. The number of rotatable bonds is 9. The first-order valence-corrected chi connectivity index (χ1v) is 9.89. The van der Waals surface area contributed by atoms with Gasteiger partial charge in [0.2, 0.25) is 0 Å². The van der Waals surface area contributed by atoms with Crippen LogP contribution in [0, 0.1) is 0 Å². The summed E-state index contributed by atoms with van der Waals surface area (Å²) in [5.74, 6) is 0.855. The minimum atomic E-state index is -0.454. The van der Waals surface area contributed by atoms with E-state index in [2.05, 4.69) is 34.0 Å². The Hall–Kier alpha value is -1.95. The van der Waals surface area contributed by atoms with Gasteiger partial charge in [-0.25, -0.2) is 0 Å². The number of likely N-dealkylation sites (tertiary alicyclic amines) is 1. The molecule has 3 rings (SSSR count). The molecule has 1 unspecified atom stereocenters. The van der Waals surface area contributed by atoms with Gasteiger partial charge >= 0.3 is 0 Å². The van der Waals surface area contributed by atoms with Crippen LogP contribution < -0.4 is 4.74 Å². The maximum atomic E-state index is 10.3. The molecule has 2 heterocycles. The number of aliphatic hydroxyl groups is 1. The minimum Gasteiger partial charge on any atom is -0.491 e. The molecule has 1 aromatic carbocycles. The Morgan fingerprint density at radius 2 is 1.93 bits per heavy atom. The average molecular weight is 370 g/mol. The second-order valence-electron chi connectivity index (χ2n) is 7.47. The number of β-amino-alcohol motifs (C(OH)–C–C–N with tert-alkyl or cyclic N) is 1. The fourth-order valence-corrected chi connectivity index (χ4v) is 3.60. The molecule has 1 atom stereocenters. The number of ether oxygens (including phenoxy) is 1. The van der Waals surface area contributed by atoms with Gasteiger partial charge in [0.15, 0.2) is 0 Å². The van der Waals surface area contributed by atoms with Crippen molar-refractivity contribution >= 4 is 0 Å². The average Bonchev–Trinajstić information content (AvgIpc) is 2.69. The molecule has 1 fully saturated rings. The van der Waals surface area contributed by atoms with E-state index in [9.17, 15) is 5.11 Å². The SMILES string of the molecule is CN(Cc1cccnc1)Cc1ccccc1OCC(O)CN1CCCCC1. The Bertz CT molecular complexity index is 674. The van der Waals surface area contributed by atoms with Gasteiger partial charge in [-0.05, 0) is 50.7 Å². The number of nitrogens with zero attached hydrogens (tertiary/aromatic N) is 3. The molecule has 5 heteroatoms. The van der Waals surface area contributed by atoms with Gasteiger partial charge in [0.25, 0.3) is 0 Å². The molecule has 0 bridgehead atoms. The summed E-state index contributed by atoms with van der Waals surface area (Å²) in [6.45, 7) is 4.83. The van der Waals surface area contributed by atoms with E-state index in [1.165, 1.54) is 24.8 Å². The molecule has 1 aliphatic rings. The highest BCUT2D eigenvalue weighted by Gasteiger charge is 2.16. The van der Waals surface area contributed by atoms with Crippen LogP contribution in [-0.2, 0) is 13.1 Å². The molecule has 1 aromatic heterocycles. The molecule has 1 saturated heterocycles.